The summed E-state index contributed by atoms with van der Waals surface area (Å²) in [6, 6.07) is 2.49. The third kappa shape index (κ3) is 11.6. The highest BCUT2D eigenvalue weighted by Crippen LogP contribution is 2.07. The first kappa shape index (κ1) is 34.4. The molecule has 0 aliphatic rings. The number of carboxylic acids is 1. The van der Waals surface area contributed by atoms with Crippen molar-refractivity contribution in [2.24, 2.45) is 22.9 Å². The fourth-order valence-corrected chi connectivity index (χ4v) is 3.70. The Morgan fingerprint density at radius 2 is 1.23 bits per heavy atom. The van der Waals surface area contributed by atoms with Crippen LogP contribution in [0.15, 0.2) is 30.3 Å². The topological polar surface area (TPSA) is 278 Å². The number of aliphatic hydroxyl groups excluding tert-OH is 1. The van der Waals surface area contributed by atoms with E-state index >= 15 is 0 Å². The van der Waals surface area contributed by atoms with Crippen LogP contribution in [0.1, 0.15) is 31.7 Å². The highest BCUT2D eigenvalue weighted by Gasteiger charge is 2.33. The van der Waals surface area contributed by atoms with Gasteiger partial charge in [0.2, 0.25) is 23.6 Å². The van der Waals surface area contributed by atoms with Crippen LogP contribution >= 0.6 is 0 Å². The van der Waals surface area contributed by atoms with Crippen molar-refractivity contribution in [1.82, 2.24) is 21.3 Å². The van der Waals surface area contributed by atoms with Gasteiger partial charge >= 0.3 is 5.97 Å². The first-order valence-corrected chi connectivity index (χ1v) is 13.0. The molecular weight excluding hydrogens is 524 g/mol. The van der Waals surface area contributed by atoms with Gasteiger partial charge in [-0.05, 0) is 51.4 Å². The Morgan fingerprint density at radius 3 is 1.75 bits per heavy atom. The predicted molar refractivity (Wildman–Crippen MR) is 146 cm³/mol. The summed E-state index contributed by atoms with van der Waals surface area (Å²) in [5.41, 5.74) is 22.9. The lowest BCUT2D eigenvalue weighted by atomic mass is 10.0. The highest BCUT2D eigenvalue weighted by atomic mass is 16.4. The number of benzene rings is 1. The Hall–Kier alpha value is -3.63. The number of aliphatic carboxylic acids is 1. The van der Waals surface area contributed by atoms with Crippen LogP contribution in [-0.4, -0.2) is 95.8 Å². The van der Waals surface area contributed by atoms with E-state index in [-0.39, 0.29) is 45.3 Å². The summed E-state index contributed by atoms with van der Waals surface area (Å²) >= 11 is 0. The van der Waals surface area contributed by atoms with Crippen molar-refractivity contribution in [3.05, 3.63) is 35.9 Å². The molecule has 0 spiro atoms. The van der Waals surface area contributed by atoms with E-state index in [1.54, 1.807) is 30.3 Å². The fourth-order valence-electron chi connectivity index (χ4n) is 3.70. The van der Waals surface area contributed by atoms with Crippen molar-refractivity contribution in [2.45, 2.75) is 68.9 Å². The smallest absolute Gasteiger partial charge is 0.326 e. The van der Waals surface area contributed by atoms with Crippen molar-refractivity contribution >= 4 is 29.6 Å². The highest BCUT2D eigenvalue weighted by molar-refractivity contribution is 5.95. The van der Waals surface area contributed by atoms with Crippen LogP contribution in [-0.2, 0) is 30.4 Å². The number of aliphatic hydroxyl groups is 1. The number of nitrogens with one attached hydrogen (secondary N) is 4. The van der Waals surface area contributed by atoms with Crippen LogP contribution in [0, 0.1) is 0 Å². The summed E-state index contributed by atoms with van der Waals surface area (Å²) in [6.45, 7) is 1.42. The van der Waals surface area contributed by atoms with E-state index in [9.17, 15) is 34.2 Å². The molecule has 0 aliphatic carbocycles. The van der Waals surface area contributed by atoms with Gasteiger partial charge in [0.1, 0.15) is 24.2 Å². The molecule has 0 unspecified atom stereocenters. The maximum Gasteiger partial charge on any atom is 0.326 e. The molecule has 6 atom stereocenters. The number of carbonyl (C=O) groups is 5. The zero-order valence-corrected chi connectivity index (χ0v) is 22.5. The molecule has 15 nitrogen and oxygen atoms in total. The Morgan fingerprint density at radius 1 is 0.725 bits per heavy atom. The van der Waals surface area contributed by atoms with Gasteiger partial charge in [0.05, 0.1) is 12.1 Å². The summed E-state index contributed by atoms with van der Waals surface area (Å²) in [5.74, 6) is -4.44. The standard InChI is InChI=1S/C25H42N8O7/c1-14(34)20(24(38)31-18(9-12-28)25(39)40)33-23(37)19(13-15-5-3-2-4-6-15)32-22(36)17(8-11-27)30-21(35)16(29)7-10-26/h2-6,14,16-20,34H,7-13,26-29H2,1H3,(H,30,35)(H,31,38)(H,32,36)(H,33,37)(H,39,40)/t14-,16+,17+,18+,19-,20+/m1/s1. The van der Waals surface area contributed by atoms with Crippen molar-refractivity contribution in [3.8, 4) is 0 Å². The molecule has 0 radical (unpaired) electrons. The van der Waals surface area contributed by atoms with E-state index < -0.39 is 65.9 Å². The van der Waals surface area contributed by atoms with Crippen LogP contribution in [0.4, 0.5) is 0 Å². The summed E-state index contributed by atoms with van der Waals surface area (Å²) in [7, 11) is 0. The first-order valence-electron chi connectivity index (χ1n) is 13.0. The lowest BCUT2D eigenvalue weighted by Gasteiger charge is -2.27. The number of rotatable bonds is 18. The zero-order valence-electron chi connectivity index (χ0n) is 22.5. The number of nitrogens with two attached hydrogens (primary N) is 4. The quantitative estimate of drug-likeness (QED) is 0.0817. The Labute approximate surface area is 232 Å². The molecule has 0 bridgehead atoms. The maximum atomic E-state index is 13.3. The second kappa shape index (κ2) is 17.9. The van der Waals surface area contributed by atoms with Crippen molar-refractivity contribution in [2.75, 3.05) is 19.6 Å². The van der Waals surface area contributed by atoms with Crippen molar-refractivity contribution in [3.63, 3.8) is 0 Å². The third-order valence-corrected chi connectivity index (χ3v) is 5.95. The second-order valence-corrected chi connectivity index (χ2v) is 9.28. The maximum absolute atomic E-state index is 13.3. The van der Waals surface area contributed by atoms with Gasteiger partial charge in [-0.3, -0.25) is 19.2 Å². The molecule has 0 aliphatic heterocycles. The lowest BCUT2D eigenvalue weighted by Crippen LogP contribution is -2.61. The molecule has 0 heterocycles. The number of hydrogen-bond donors (Lipinski definition) is 10. The van der Waals surface area contributed by atoms with Crippen molar-refractivity contribution in [1.29, 1.82) is 0 Å². The largest absolute Gasteiger partial charge is 0.480 e. The number of carboxylic acid groups (broad SMARTS) is 1. The van der Waals surface area contributed by atoms with Crippen LogP contribution in [0.5, 0.6) is 0 Å². The number of amides is 4. The molecular formula is C25H42N8O7. The van der Waals surface area contributed by atoms with Crippen molar-refractivity contribution < 1.29 is 34.2 Å². The molecule has 224 valence electrons. The van der Waals surface area contributed by atoms with E-state index in [0.29, 0.717) is 5.56 Å². The van der Waals surface area contributed by atoms with Gasteiger partial charge in [0.15, 0.2) is 0 Å². The van der Waals surface area contributed by atoms with Crippen LogP contribution in [0.2, 0.25) is 0 Å². The SMILES string of the molecule is C[C@@H](O)[C@H](NC(=O)[C@@H](Cc1ccccc1)NC(=O)[C@H](CCN)NC(=O)[C@@H](N)CCN)C(=O)N[C@@H](CCN)C(=O)O. The Balaban J connectivity index is 3.16. The van der Waals surface area contributed by atoms with E-state index in [1.807, 2.05) is 0 Å². The van der Waals surface area contributed by atoms with Gasteiger partial charge in [-0.15, -0.1) is 0 Å². The molecule has 0 fully saturated rings. The summed E-state index contributed by atoms with van der Waals surface area (Å²) < 4.78 is 0. The summed E-state index contributed by atoms with van der Waals surface area (Å²) in [4.78, 5) is 63.1. The Bertz CT molecular complexity index is 979. The third-order valence-electron chi connectivity index (χ3n) is 5.95. The molecule has 40 heavy (non-hydrogen) atoms. The minimum atomic E-state index is -1.55. The normalized spacial score (nSPS) is 15.4. The molecule has 15 heteroatoms. The van der Waals surface area contributed by atoms with Gasteiger partial charge < -0.3 is 54.4 Å². The molecule has 1 aromatic rings. The zero-order chi connectivity index (χ0) is 30.2. The van der Waals surface area contributed by atoms with E-state index in [1.165, 1.54) is 6.92 Å². The van der Waals surface area contributed by atoms with E-state index in [0.717, 1.165) is 0 Å². The average molecular weight is 567 g/mol. The number of hydrogen-bond acceptors (Lipinski definition) is 10. The van der Waals surface area contributed by atoms with Crippen LogP contribution < -0.4 is 44.2 Å². The van der Waals surface area contributed by atoms with Crippen LogP contribution in [0.3, 0.4) is 0 Å². The molecule has 0 saturated heterocycles. The molecule has 0 aromatic heterocycles. The molecule has 4 amide bonds. The van der Waals surface area contributed by atoms with E-state index in [2.05, 4.69) is 21.3 Å². The van der Waals surface area contributed by atoms with Gasteiger partial charge in [-0.2, -0.15) is 0 Å². The second-order valence-electron chi connectivity index (χ2n) is 9.28. The minimum Gasteiger partial charge on any atom is -0.480 e. The predicted octanol–water partition coefficient (Wildman–Crippen LogP) is -3.99. The van der Waals surface area contributed by atoms with Gasteiger partial charge in [-0.1, -0.05) is 30.3 Å². The Kier molecular flexibility index (Phi) is 15.4. The fraction of sp³-hybridized carbons (Fsp3) is 0.560. The van der Waals surface area contributed by atoms with Gasteiger partial charge in [-0.25, -0.2) is 4.79 Å². The van der Waals surface area contributed by atoms with Crippen LogP contribution in [0.25, 0.3) is 0 Å². The van der Waals surface area contributed by atoms with Gasteiger partial charge in [0, 0.05) is 6.42 Å². The molecule has 14 N–H and O–H groups in total. The van der Waals surface area contributed by atoms with E-state index in [4.69, 9.17) is 22.9 Å². The van der Waals surface area contributed by atoms with Gasteiger partial charge in [0.25, 0.3) is 0 Å². The average Bonchev–Trinajstić information content (AvgIpc) is 2.90. The summed E-state index contributed by atoms with van der Waals surface area (Å²) in [6.07, 6.45) is -1.26. The lowest BCUT2D eigenvalue weighted by molar-refractivity contribution is -0.143. The monoisotopic (exact) mass is 566 g/mol. The molecule has 1 rings (SSSR count). The minimum absolute atomic E-state index is 0.00648. The molecule has 1 aromatic carbocycles. The summed E-state index contributed by atoms with van der Waals surface area (Å²) in [5, 5.41) is 29.2. The number of carbonyl (C=O) groups excluding carboxylic acids is 4. The molecule has 0 saturated carbocycles. The first-order chi connectivity index (χ1) is 18.9.